The standard InChI is InChI=1S/C7H3ClN6S2/c8-4-7(14-16-13-4)15-6-3-5(10-1-9-3)11-2-12-6/h1-2H,(H,9,10,11,12). The first-order valence-corrected chi connectivity index (χ1v) is 6.07. The summed E-state index contributed by atoms with van der Waals surface area (Å²) in [6.07, 6.45) is 3.03. The average Bonchev–Trinajstić information content (AvgIpc) is 2.89. The van der Waals surface area contributed by atoms with Gasteiger partial charge in [0.15, 0.2) is 15.8 Å². The zero-order valence-electron chi connectivity index (χ0n) is 7.59. The van der Waals surface area contributed by atoms with E-state index < -0.39 is 0 Å². The van der Waals surface area contributed by atoms with Crippen molar-refractivity contribution in [1.82, 2.24) is 28.7 Å². The van der Waals surface area contributed by atoms with Crippen molar-refractivity contribution in [2.75, 3.05) is 0 Å². The minimum atomic E-state index is 0.390. The van der Waals surface area contributed by atoms with Gasteiger partial charge in [0.2, 0.25) is 0 Å². The lowest BCUT2D eigenvalue weighted by molar-refractivity contribution is 1.08. The maximum absolute atomic E-state index is 5.86. The predicted molar refractivity (Wildman–Crippen MR) is 60.7 cm³/mol. The van der Waals surface area contributed by atoms with Gasteiger partial charge in [-0.15, -0.1) is 0 Å². The van der Waals surface area contributed by atoms with Crippen molar-refractivity contribution in [1.29, 1.82) is 0 Å². The molecule has 0 bridgehead atoms. The fraction of sp³-hybridized carbons (Fsp3) is 0. The number of halogens is 1. The first-order chi connectivity index (χ1) is 7.84. The molecule has 0 atom stereocenters. The van der Waals surface area contributed by atoms with E-state index in [1.807, 2.05) is 0 Å². The third kappa shape index (κ3) is 1.64. The fourth-order valence-corrected chi connectivity index (χ4v) is 2.77. The minimum absolute atomic E-state index is 0.390. The maximum Gasteiger partial charge on any atom is 0.181 e. The second-order valence-corrected chi connectivity index (χ2v) is 4.61. The Morgan fingerprint density at radius 3 is 2.94 bits per heavy atom. The molecule has 0 radical (unpaired) electrons. The van der Waals surface area contributed by atoms with Gasteiger partial charge in [0, 0.05) is 0 Å². The summed E-state index contributed by atoms with van der Waals surface area (Å²) in [6, 6.07) is 0. The first kappa shape index (κ1) is 9.94. The number of hydrogen-bond acceptors (Lipinski definition) is 7. The number of aromatic nitrogens is 6. The lowest BCUT2D eigenvalue weighted by atomic mass is 10.6. The maximum atomic E-state index is 5.86. The van der Waals surface area contributed by atoms with Gasteiger partial charge in [-0.1, -0.05) is 11.6 Å². The highest BCUT2D eigenvalue weighted by atomic mass is 35.5. The summed E-state index contributed by atoms with van der Waals surface area (Å²) in [5.74, 6) is 0. The second kappa shape index (κ2) is 3.96. The highest BCUT2D eigenvalue weighted by Crippen LogP contribution is 2.32. The number of rotatable bonds is 2. The molecule has 3 aromatic heterocycles. The number of nitrogens with one attached hydrogen (secondary N) is 1. The van der Waals surface area contributed by atoms with Crippen molar-refractivity contribution in [3.05, 3.63) is 17.8 Å². The van der Waals surface area contributed by atoms with Gasteiger partial charge in [-0.05, 0) is 11.8 Å². The molecule has 0 aliphatic carbocycles. The number of aromatic amines is 1. The van der Waals surface area contributed by atoms with Crippen LogP contribution in [0.25, 0.3) is 11.2 Å². The Bertz CT molecular complexity index is 634. The van der Waals surface area contributed by atoms with Crippen LogP contribution in [0.3, 0.4) is 0 Å². The SMILES string of the molecule is Clc1nsnc1Sc1ncnc2nc[nH]c12. The van der Waals surface area contributed by atoms with Crippen LogP contribution >= 0.6 is 35.1 Å². The van der Waals surface area contributed by atoms with E-state index in [0.29, 0.717) is 15.8 Å². The minimum Gasteiger partial charge on any atom is -0.341 e. The van der Waals surface area contributed by atoms with Gasteiger partial charge in [-0.3, -0.25) is 0 Å². The van der Waals surface area contributed by atoms with Gasteiger partial charge >= 0.3 is 0 Å². The van der Waals surface area contributed by atoms with Gasteiger partial charge in [0.25, 0.3) is 0 Å². The molecule has 3 aromatic rings. The Morgan fingerprint density at radius 1 is 1.19 bits per heavy atom. The Hall–Kier alpha value is -1.25. The highest BCUT2D eigenvalue weighted by Gasteiger charge is 2.12. The van der Waals surface area contributed by atoms with E-state index in [4.69, 9.17) is 11.6 Å². The number of fused-ring (bicyclic) bond motifs is 1. The Morgan fingerprint density at radius 2 is 2.12 bits per heavy atom. The molecule has 0 saturated heterocycles. The zero-order valence-corrected chi connectivity index (χ0v) is 9.97. The van der Waals surface area contributed by atoms with E-state index in [0.717, 1.165) is 22.3 Å². The lowest BCUT2D eigenvalue weighted by Gasteiger charge is -1.97. The van der Waals surface area contributed by atoms with Crippen molar-refractivity contribution in [3.8, 4) is 0 Å². The largest absolute Gasteiger partial charge is 0.341 e. The van der Waals surface area contributed by atoms with Crippen LogP contribution in [0, 0.1) is 0 Å². The Labute approximate surface area is 103 Å². The van der Waals surface area contributed by atoms with E-state index in [2.05, 4.69) is 28.7 Å². The van der Waals surface area contributed by atoms with Crippen LogP contribution < -0.4 is 0 Å². The summed E-state index contributed by atoms with van der Waals surface area (Å²) in [7, 11) is 0. The molecule has 0 amide bonds. The van der Waals surface area contributed by atoms with Crippen molar-refractivity contribution >= 4 is 46.3 Å². The molecule has 0 fully saturated rings. The summed E-state index contributed by atoms with van der Waals surface area (Å²) in [5, 5.41) is 1.76. The van der Waals surface area contributed by atoms with Crippen molar-refractivity contribution in [3.63, 3.8) is 0 Å². The quantitative estimate of drug-likeness (QED) is 0.718. The summed E-state index contributed by atoms with van der Waals surface area (Å²) >= 11 is 8.27. The van der Waals surface area contributed by atoms with Crippen LogP contribution in [0.1, 0.15) is 0 Å². The van der Waals surface area contributed by atoms with Crippen molar-refractivity contribution in [2.45, 2.75) is 10.1 Å². The van der Waals surface area contributed by atoms with Crippen LogP contribution in [0.5, 0.6) is 0 Å². The monoisotopic (exact) mass is 270 g/mol. The molecule has 1 N–H and O–H groups in total. The molecule has 3 heterocycles. The van der Waals surface area contributed by atoms with Gasteiger partial charge in [-0.2, -0.15) is 8.75 Å². The summed E-state index contributed by atoms with van der Waals surface area (Å²) in [5.41, 5.74) is 1.40. The Kier molecular flexibility index (Phi) is 2.46. The highest BCUT2D eigenvalue weighted by molar-refractivity contribution is 7.99. The fourth-order valence-electron chi connectivity index (χ4n) is 1.14. The number of hydrogen-bond donors (Lipinski definition) is 1. The molecule has 16 heavy (non-hydrogen) atoms. The van der Waals surface area contributed by atoms with Crippen LogP contribution in [-0.4, -0.2) is 28.7 Å². The van der Waals surface area contributed by atoms with Crippen LogP contribution in [0.2, 0.25) is 5.15 Å². The first-order valence-electron chi connectivity index (χ1n) is 4.14. The van der Waals surface area contributed by atoms with Gasteiger partial charge in [0.05, 0.1) is 18.1 Å². The molecule has 0 aliphatic rings. The average molecular weight is 271 g/mol. The van der Waals surface area contributed by atoms with Crippen LogP contribution in [0.4, 0.5) is 0 Å². The molecule has 9 heteroatoms. The van der Waals surface area contributed by atoms with Gasteiger partial charge in [0.1, 0.15) is 16.9 Å². The molecule has 0 unspecified atom stereocenters. The van der Waals surface area contributed by atoms with E-state index >= 15 is 0 Å². The summed E-state index contributed by atoms with van der Waals surface area (Å²) < 4.78 is 7.96. The lowest BCUT2D eigenvalue weighted by Crippen LogP contribution is -1.86. The number of imidazole rings is 1. The molecule has 0 saturated carbocycles. The molecular formula is C7H3ClN6S2. The third-order valence-corrected chi connectivity index (χ3v) is 3.90. The topological polar surface area (TPSA) is 80.2 Å². The number of H-pyrrole nitrogens is 1. The van der Waals surface area contributed by atoms with E-state index in [9.17, 15) is 0 Å². The second-order valence-electron chi connectivity index (χ2n) is 2.74. The molecule has 6 nitrogen and oxygen atoms in total. The molecule has 80 valence electrons. The molecule has 0 aromatic carbocycles. The normalized spacial score (nSPS) is 11.1. The molecular weight excluding hydrogens is 268 g/mol. The third-order valence-electron chi connectivity index (χ3n) is 1.80. The molecule has 3 rings (SSSR count). The van der Waals surface area contributed by atoms with E-state index in [1.54, 1.807) is 6.33 Å². The zero-order chi connectivity index (χ0) is 11.0. The van der Waals surface area contributed by atoms with E-state index in [-0.39, 0.29) is 0 Å². The van der Waals surface area contributed by atoms with E-state index in [1.165, 1.54) is 18.1 Å². The number of nitrogens with zero attached hydrogens (tertiary/aromatic N) is 5. The Balaban J connectivity index is 2.07. The smallest absolute Gasteiger partial charge is 0.181 e. The van der Waals surface area contributed by atoms with Crippen molar-refractivity contribution in [2.24, 2.45) is 0 Å². The molecule has 0 spiro atoms. The van der Waals surface area contributed by atoms with Gasteiger partial charge < -0.3 is 4.98 Å². The molecule has 0 aliphatic heterocycles. The summed E-state index contributed by atoms with van der Waals surface area (Å²) in [6.45, 7) is 0. The van der Waals surface area contributed by atoms with Crippen LogP contribution in [0.15, 0.2) is 22.7 Å². The summed E-state index contributed by atoms with van der Waals surface area (Å²) in [4.78, 5) is 15.2. The van der Waals surface area contributed by atoms with Crippen LogP contribution in [-0.2, 0) is 0 Å². The predicted octanol–water partition coefficient (Wildman–Crippen LogP) is 2.01. The van der Waals surface area contributed by atoms with Crippen molar-refractivity contribution < 1.29 is 0 Å². The van der Waals surface area contributed by atoms with Gasteiger partial charge in [-0.25, -0.2) is 15.0 Å².